The van der Waals surface area contributed by atoms with Gasteiger partial charge in [-0.3, -0.25) is 9.59 Å². The van der Waals surface area contributed by atoms with E-state index in [2.05, 4.69) is 15.1 Å². The van der Waals surface area contributed by atoms with Gasteiger partial charge in [0.05, 0.1) is 35.9 Å². The van der Waals surface area contributed by atoms with E-state index in [1.54, 1.807) is 26.2 Å². The highest BCUT2D eigenvalue weighted by molar-refractivity contribution is 7.89. The molecule has 2 aromatic rings. The molecular weight excluding hydrogens is 471 g/mol. The lowest BCUT2D eigenvalue weighted by Crippen LogP contribution is -2.30. The van der Waals surface area contributed by atoms with Crippen molar-refractivity contribution in [2.45, 2.75) is 18.4 Å². The van der Waals surface area contributed by atoms with Crippen LogP contribution < -0.4 is 15.6 Å². The molecule has 0 radical (unpaired) electrons. The molecule has 0 bridgehead atoms. The fraction of sp³-hybridized carbons (Fsp3) is 0.389. The number of carbonyl (C=O) groups excluding carboxylic acids is 1. The number of aryl methyl sites for hydroxylation is 1. The quantitative estimate of drug-likeness (QED) is 0.454. The van der Waals surface area contributed by atoms with Crippen molar-refractivity contribution in [1.29, 1.82) is 0 Å². The van der Waals surface area contributed by atoms with Gasteiger partial charge in [-0.25, -0.2) is 17.8 Å². The van der Waals surface area contributed by atoms with Gasteiger partial charge in [-0.15, -0.1) is 0 Å². The van der Waals surface area contributed by atoms with Crippen LogP contribution in [0.2, 0.25) is 10.0 Å². The molecule has 10 nitrogen and oxygen atoms in total. The monoisotopic (exact) mass is 492 g/mol. The number of methoxy groups -OCH3 is 1. The average Bonchev–Trinajstić information content (AvgIpc) is 2.72. The van der Waals surface area contributed by atoms with Crippen LogP contribution in [0.5, 0.6) is 0 Å². The van der Waals surface area contributed by atoms with Crippen molar-refractivity contribution in [3.05, 3.63) is 50.4 Å². The van der Waals surface area contributed by atoms with Crippen molar-refractivity contribution < 1.29 is 22.7 Å². The van der Waals surface area contributed by atoms with Crippen molar-refractivity contribution in [3.63, 3.8) is 0 Å². The Hall–Kier alpha value is -2.02. The van der Waals surface area contributed by atoms with Crippen molar-refractivity contribution in [3.8, 4) is 0 Å². The van der Waals surface area contributed by atoms with Crippen LogP contribution in [-0.2, 0) is 30.8 Å². The molecule has 1 amide bonds. The fourth-order valence-electron chi connectivity index (χ4n) is 2.43. The Morgan fingerprint density at radius 2 is 1.97 bits per heavy atom. The molecule has 0 atom stereocenters. The third-order valence-electron chi connectivity index (χ3n) is 3.97. The Morgan fingerprint density at radius 3 is 2.68 bits per heavy atom. The van der Waals surface area contributed by atoms with Crippen LogP contribution in [0.25, 0.3) is 0 Å². The smallest absolute Gasteiger partial charge is 0.287 e. The molecule has 0 unspecified atom stereocenters. The van der Waals surface area contributed by atoms with Gasteiger partial charge in [-0.05, 0) is 24.6 Å². The van der Waals surface area contributed by atoms with E-state index in [9.17, 15) is 18.0 Å². The normalized spacial score (nSPS) is 11.5. The molecule has 1 aromatic carbocycles. The average molecular weight is 493 g/mol. The van der Waals surface area contributed by atoms with Crippen LogP contribution in [0, 0.1) is 6.92 Å². The molecule has 1 heterocycles. The summed E-state index contributed by atoms with van der Waals surface area (Å²) in [5, 5.41) is 6.02. The highest BCUT2D eigenvalue weighted by Gasteiger charge is 2.18. The molecule has 13 heteroatoms. The lowest BCUT2D eigenvalue weighted by molar-refractivity contribution is -0.117. The second kappa shape index (κ2) is 11.6. The third kappa shape index (κ3) is 7.27. The van der Waals surface area contributed by atoms with Crippen LogP contribution in [0.4, 0.5) is 5.69 Å². The summed E-state index contributed by atoms with van der Waals surface area (Å²) in [4.78, 5) is 24.3. The lowest BCUT2D eigenvalue weighted by Gasteiger charge is -2.12. The summed E-state index contributed by atoms with van der Waals surface area (Å²) in [6, 6.07) is 4.43. The number of ether oxygens (including phenoxy) is 2. The van der Waals surface area contributed by atoms with Gasteiger partial charge in [0.25, 0.3) is 5.56 Å². The number of aromatic nitrogens is 2. The van der Waals surface area contributed by atoms with Gasteiger partial charge in [-0.1, -0.05) is 29.3 Å². The first kappa shape index (κ1) is 25.2. The van der Waals surface area contributed by atoms with Crippen molar-refractivity contribution >= 4 is 44.8 Å². The summed E-state index contributed by atoms with van der Waals surface area (Å²) in [5.74, 6) is -0.598. The summed E-state index contributed by atoms with van der Waals surface area (Å²) < 4.78 is 38.6. The van der Waals surface area contributed by atoms with E-state index in [1.807, 2.05) is 0 Å². The minimum absolute atomic E-state index is 0.00650. The van der Waals surface area contributed by atoms with E-state index in [4.69, 9.17) is 32.7 Å². The second-order valence-corrected chi connectivity index (χ2v) is 8.82. The topological polar surface area (TPSA) is 129 Å². The highest BCUT2D eigenvalue weighted by Crippen LogP contribution is 2.20. The van der Waals surface area contributed by atoms with E-state index in [0.717, 1.165) is 10.9 Å². The molecular formula is C18H22Cl2N4O6S. The van der Waals surface area contributed by atoms with Crippen molar-refractivity contribution in [2.24, 2.45) is 0 Å². The summed E-state index contributed by atoms with van der Waals surface area (Å²) in [6.07, 6.45) is 1.15. The van der Waals surface area contributed by atoms with Crippen LogP contribution in [-0.4, -0.2) is 57.6 Å². The predicted molar refractivity (Wildman–Crippen MR) is 116 cm³/mol. The van der Waals surface area contributed by atoms with Gasteiger partial charge in [0, 0.05) is 19.3 Å². The molecule has 0 saturated carbocycles. The molecule has 0 saturated heterocycles. The maximum absolute atomic E-state index is 12.6. The van der Waals surface area contributed by atoms with Crippen LogP contribution >= 0.6 is 23.2 Å². The lowest BCUT2D eigenvalue weighted by atomic mass is 10.2. The van der Waals surface area contributed by atoms with E-state index in [-0.39, 0.29) is 33.8 Å². The Balaban J connectivity index is 2.05. The number of carbonyl (C=O) groups is 1. The molecule has 0 aliphatic rings. The molecule has 0 aliphatic carbocycles. The highest BCUT2D eigenvalue weighted by atomic mass is 35.5. The number of amides is 1. The van der Waals surface area contributed by atoms with Crippen LogP contribution in [0.15, 0.2) is 34.1 Å². The number of anilines is 1. The molecule has 2 rings (SSSR count). The standard InChI is InChI=1S/C18H22Cl2N4O6S/c1-12-3-4-13(9-15(12)31(27,28)22-5-6-30-8-7-29-2)23-16(25)11-24-18(26)17(20)14(19)10-21-24/h3-4,9-10,22H,5-8,11H2,1-2H3,(H,23,25). The zero-order chi connectivity index (χ0) is 23.0. The van der Waals surface area contributed by atoms with Crippen molar-refractivity contribution in [1.82, 2.24) is 14.5 Å². The zero-order valence-electron chi connectivity index (χ0n) is 16.9. The number of nitrogens with one attached hydrogen (secondary N) is 2. The second-order valence-electron chi connectivity index (χ2n) is 6.30. The number of benzene rings is 1. The molecule has 170 valence electrons. The molecule has 31 heavy (non-hydrogen) atoms. The van der Waals surface area contributed by atoms with E-state index >= 15 is 0 Å². The largest absolute Gasteiger partial charge is 0.382 e. The Morgan fingerprint density at radius 1 is 1.23 bits per heavy atom. The maximum Gasteiger partial charge on any atom is 0.287 e. The maximum atomic E-state index is 12.6. The first-order valence-electron chi connectivity index (χ1n) is 9.03. The zero-order valence-corrected chi connectivity index (χ0v) is 19.2. The summed E-state index contributed by atoms with van der Waals surface area (Å²) >= 11 is 11.5. The van der Waals surface area contributed by atoms with Crippen LogP contribution in [0.1, 0.15) is 5.56 Å². The number of hydrogen-bond donors (Lipinski definition) is 2. The third-order valence-corrected chi connectivity index (χ3v) is 6.32. The Kier molecular flexibility index (Phi) is 9.41. The number of hydrogen-bond acceptors (Lipinski definition) is 7. The number of rotatable bonds is 11. The number of halogens is 2. The number of nitrogens with zero attached hydrogens (tertiary/aromatic N) is 2. The Labute approximate surface area is 189 Å². The summed E-state index contributed by atoms with van der Waals surface area (Å²) in [6.45, 7) is 2.24. The van der Waals surface area contributed by atoms with Gasteiger partial charge in [0.2, 0.25) is 15.9 Å². The number of sulfonamides is 1. The first-order valence-corrected chi connectivity index (χ1v) is 11.3. The van der Waals surface area contributed by atoms with Gasteiger partial charge in [0.15, 0.2) is 0 Å². The van der Waals surface area contributed by atoms with Gasteiger partial charge >= 0.3 is 0 Å². The molecule has 0 aliphatic heterocycles. The Bertz CT molecular complexity index is 1090. The van der Waals surface area contributed by atoms with Gasteiger partial charge in [0.1, 0.15) is 11.6 Å². The summed E-state index contributed by atoms with van der Waals surface area (Å²) in [5.41, 5.74) is 0.0157. The first-order chi connectivity index (χ1) is 14.7. The van der Waals surface area contributed by atoms with E-state index in [0.29, 0.717) is 18.8 Å². The van der Waals surface area contributed by atoms with E-state index in [1.165, 1.54) is 6.07 Å². The minimum Gasteiger partial charge on any atom is -0.382 e. The minimum atomic E-state index is -3.83. The molecule has 2 N–H and O–H groups in total. The van der Waals surface area contributed by atoms with Gasteiger partial charge < -0.3 is 14.8 Å². The SMILES string of the molecule is COCCOCCNS(=O)(=O)c1cc(NC(=O)Cn2ncc(Cl)c(Cl)c2=O)ccc1C. The van der Waals surface area contributed by atoms with Crippen molar-refractivity contribution in [2.75, 3.05) is 38.8 Å². The summed E-state index contributed by atoms with van der Waals surface area (Å²) in [7, 11) is -2.29. The fourth-order valence-corrected chi connectivity index (χ4v) is 3.98. The van der Waals surface area contributed by atoms with Gasteiger partial charge in [-0.2, -0.15) is 5.10 Å². The molecule has 0 spiro atoms. The predicted octanol–water partition coefficient (Wildman–Crippen LogP) is 1.44. The molecule has 0 fully saturated rings. The molecule has 1 aromatic heterocycles. The van der Waals surface area contributed by atoms with E-state index < -0.39 is 28.0 Å². The van der Waals surface area contributed by atoms with Crippen LogP contribution in [0.3, 0.4) is 0 Å².